The molecule has 0 bridgehead atoms. The van der Waals surface area contributed by atoms with Gasteiger partial charge in [-0.15, -0.1) is 0 Å². The van der Waals surface area contributed by atoms with E-state index in [2.05, 4.69) is 16.2 Å². The van der Waals surface area contributed by atoms with Gasteiger partial charge in [0, 0.05) is 11.6 Å². The van der Waals surface area contributed by atoms with Crippen LogP contribution in [0.15, 0.2) is 53.1 Å². The molecule has 0 radical (unpaired) electrons. The van der Waals surface area contributed by atoms with Gasteiger partial charge in [0.2, 0.25) is 11.7 Å². The average molecular weight is 379 g/mol. The first kappa shape index (κ1) is 19.6. The van der Waals surface area contributed by atoms with Crippen molar-refractivity contribution in [2.75, 3.05) is 6.61 Å². The quantitative estimate of drug-likeness (QED) is 0.616. The zero-order chi connectivity index (χ0) is 20.1. The van der Waals surface area contributed by atoms with Gasteiger partial charge < -0.3 is 14.2 Å². The number of carbonyl (C=O) groups is 1. The molecule has 0 atom stereocenters. The summed E-state index contributed by atoms with van der Waals surface area (Å²) in [4.78, 5) is 18.8. The summed E-state index contributed by atoms with van der Waals surface area (Å²) < 4.78 is 11.1. The van der Waals surface area contributed by atoms with E-state index in [9.17, 15) is 4.79 Å². The molecule has 1 heterocycles. The molecule has 0 aliphatic heterocycles. The fourth-order valence-corrected chi connectivity index (χ4v) is 2.97. The minimum atomic E-state index is -0.131. The van der Waals surface area contributed by atoms with Crippen molar-refractivity contribution in [2.24, 2.45) is 0 Å². The fraction of sp³-hybridized carbons (Fsp3) is 0.318. The highest BCUT2D eigenvalue weighted by Gasteiger charge is 2.21. The molecule has 6 nitrogen and oxygen atoms in total. The minimum Gasteiger partial charge on any atom is -0.484 e. The molecule has 0 spiro atoms. The first-order valence-electron chi connectivity index (χ1n) is 9.31. The number of rotatable bonds is 7. The Kier molecular flexibility index (Phi) is 6.09. The number of aromatic nitrogens is 2. The standard InChI is InChI=1S/C22H25N3O3/c1-15(2)25(21(26)14-27-19-11-16(3)10-17(4)12-19)13-20-23-22(24-28-20)18-8-6-5-7-9-18/h5-12,15H,13-14H2,1-4H3. The second-order valence-electron chi connectivity index (χ2n) is 7.11. The summed E-state index contributed by atoms with van der Waals surface area (Å²) in [7, 11) is 0. The number of benzene rings is 2. The number of ether oxygens (including phenoxy) is 1. The van der Waals surface area contributed by atoms with Crippen LogP contribution in [0.3, 0.4) is 0 Å². The van der Waals surface area contributed by atoms with Gasteiger partial charge in [-0.3, -0.25) is 4.79 Å². The normalized spacial score (nSPS) is 10.9. The van der Waals surface area contributed by atoms with Crippen LogP contribution >= 0.6 is 0 Å². The second kappa shape index (κ2) is 8.69. The van der Waals surface area contributed by atoms with Gasteiger partial charge in [-0.1, -0.05) is 41.6 Å². The highest BCUT2D eigenvalue weighted by molar-refractivity contribution is 5.78. The van der Waals surface area contributed by atoms with Crippen molar-refractivity contribution in [2.45, 2.75) is 40.3 Å². The highest BCUT2D eigenvalue weighted by atomic mass is 16.5. The minimum absolute atomic E-state index is 0.0255. The van der Waals surface area contributed by atoms with Gasteiger partial charge in [0.15, 0.2) is 6.61 Å². The fourth-order valence-electron chi connectivity index (χ4n) is 2.97. The number of nitrogens with zero attached hydrogens (tertiary/aromatic N) is 3. The van der Waals surface area contributed by atoms with Crippen molar-refractivity contribution < 1.29 is 14.1 Å². The topological polar surface area (TPSA) is 68.5 Å². The molecule has 0 aliphatic carbocycles. The van der Waals surface area contributed by atoms with Gasteiger partial charge in [-0.25, -0.2) is 0 Å². The lowest BCUT2D eigenvalue weighted by Crippen LogP contribution is -2.39. The zero-order valence-electron chi connectivity index (χ0n) is 16.7. The monoisotopic (exact) mass is 379 g/mol. The Labute approximate surface area is 165 Å². The first-order chi connectivity index (χ1) is 13.4. The summed E-state index contributed by atoms with van der Waals surface area (Å²) in [5, 5.41) is 4.02. The van der Waals surface area contributed by atoms with Crippen LogP contribution in [-0.2, 0) is 11.3 Å². The largest absolute Gasteiger partial charge is 0.484 e. The molecule has 3 aromatic rings. The maximum Gasteiger partial charge on any atom is 0.261 e. The van der Waals surface area contributed by atoms with E-state index >= 15 is 0 Å². The Hall–Kier alpha value is -3.15. The van der Waals surface area contributed by atoms with E-state index in [0.717, 1.165) is 16.7 Å². The molecule has 0 aliphatic rings. The molecule has 6 heteroatoms. The van der Waals surface area contributed by atoms with E-state index in [1.165, 1.54) is 0 Å². The van der Waals surface area contributed by atoms with Gasteiger partial charge in [0.1, 0.15) is 12.3 Å². The molecule has 0 fully saturated rings. The molecule has 0 saturated carbocycles. The predicted molar refractivity (Wildman–Crippen MR) is 107 cm³/mol. The molecule has 1 aromatic heterocycles. The van der Waals surface area contributed by atoms with Gasteiger partial charge >= 0.3 is 0 Å². The number of amides is 1. The summed E-state index contributed by atoms with van der Waals surface area (Å²) in [5.41, 5.74) is 3.07. The number of hydrogen-bond acceptors (Lipinski definition) is 5. The van der Waals surface area contributed by atoms with Crippen LogP contribution in [-0.4, -0.2) is 33.6 Å². The number of carbonyl (C=O) groups excluding carboxylic acids is 1. The van der Waals surface area contributed by atoms with Gasteiger partial charge in [0.05, 0.1) is 0 Å². The van der Waals surface area contributed by atoms with Crippen LogP contribution in [0.4, 0.5) is 0 Å². The smallest absolute Gasteiger partial charge is 0.261 e. The Morgan fingerprint density at radius 2 is 1.79 bits per heavy atom. The van der Waals surface area contributed by atoms with Crippen LogP contribution in [0.25, 0.3) is 11.4 Å². The Balaban J connectivity index is 1.66. The molecule has 0 N–H and O–H groups in total. The summed E-state index contributed by atoms with van der Waals surface area (Å²) in [6.45, 7) is 8.10. The Morgan fingerprint density at radius 1 is 1.11 bits per heavy atom. The second-order valence-corrected chi connectivity index (χ2v) is 7.11. The lowest BCUT2D eigenvalue weighted by atomic mass is 10.1. The predicted octanol–water partition coefficient (Wildman–Crippen LogP) is 4.17. The molecule has 1 amide bonds. The Bertz CT molecular complexity index is 915. The summed E-state index contributed by atoms with van der Waals surface area (Å²) in [6.07, 6.45) is 0. The van der Waals surface area contributed by atoms with Gasteiger partial charge in [-0.05, 0) is 51.0 Å². The lowest BCUT2D eigenvalue weighted by Gasteiger charge is -2.25. The maximum absolute atomic E-state index is 12.7. The third-order valence-electron chi connectivity index (χ3n) is 4.31. The van der Waals surface area contributed by atoms with Crippen molar-refractivity contribution in [1.29, 1.82) is 0 Å². The van der Waals surface area contributed by atoms with E-state index in [0.29, 0.717) is 17.5 Å². The average Bonchev–Trinajstić information content (AvgIpc) is 3.13. The third-order valence-corrected chi connectivity index (χ3v) is 4.31. The highest BCUT2D eigenvalue weighted by Crippen LogP contribution is 2.18. The molecular weight excluding hydrogens is 354 g/mol. The van der Waals surface area contributed by atoms with Crippen LogP contribution in [0, 0.1) is 13.8 Å². The zero-order valence-corrected chi connectivity index (χ0v) is 16.7. The van der Waals surface area contributed by atoms with Gasteiger partial charge in [0.25, 0.3) is 5.91 Å². The Morgan fingerprint density at radius 3 is 2.43 bits per heavy atom. The van der Waals surface area contributed by atoms with Crippen molar-refractivity contribution in [3.63, 3.8) is 0 Å². The van der Waals surface area contributed by atoms with Crippen molar-refractivity contribution in [3.8, 4) is 17.1 Å². The number of hydrogen-bond donors (Lipinski definition) is 0. The van der Waals surface area contributed by atoms with E-state index in [4.69, 9.17) is 9.26 Å². The van der Waals surface area contributed by atoms with Crippen molar-refractivity contribution in [3.05, 3.63) is 65.5 Å². The van der Waals surface area contributed by atoms with E-state index < -0.39 is 0 Å². The summed E-state index contributed by atoms with van der Waals surface area (Å²) in [5.74, 6) is 1.47. The van der Waals surface area contributed by atoms with Crippen molar-refractivity contribution in [1.82, 2.24) is 15.0 Å². The molecule has 0 unspecified atom stereocenters. The van der Waals surface area contributed by atoms with E-state index in [1.54, 1.807) is 4.90 Å². The van der Waals surface area contributed by atoms with E-state index in [1.807, 2.05) is 70.2 Å². The lowest BCUT2D eigenvalue weighted by molar-refractivity contribution is -0.136. The molecule has 3 rings (SSSR count). The molecule has 2 aromatic carbocycles. The van der Waals surface area contributed by atoms with Crippen LogP contribution in [0.2, 0.25) is 0 Å². The molecule has 146 valence electrons. The SMILES string of the molecule is Cc1cc(C)cc(OCC(=O)N(Cc2nc(-c3ccccc3)no2)C(C)C)c1. The van der Waals surface area contributed by atoms with Gasteiger partial charge in [-0.2, -0.15) is 4.98 Å². The van der Waals surface area contributed by atoms with Crippen LogP contribution < -0.4 is 4.74 Å². The molecule has 28 heavy (non-hydrogen) atoms. The maximum atomic E-state index is 12.7. The third kappa shape index (κ3) is 4.97. The summed E-state index contributed by atoms with van der Waals surface area (Å²) in [6, 6.07) is 15.5. The molecular formula is C22H25N3O3. The van der Waals surface area contributed by atoms with Crippen molar-refractivity contribution >= 4 is 5.91 Å². The number of aryl methyl sites for hydroxylation is 2. The molecule has 0 saturated heterocycles. The van der Waals surface area contributed by atoms with E-state index in [-0.39, 0.29) is 25.1 Å². The summed E-state index contributed by atoms with van der Waals surface area (Å²) >= 11 is 0. The van der Waals surface area contributed by atoms with Crippen LogP contribution in [0.5, 0.6) is 5.75 Å². The van der Waals surface area contributed by atoms with Crippen LogP contribution in [0.1, 0.15) is 30.9 Å². The first-order valence-corrected chi connectivity index (χ1v) is 9.31.